The van der Waals surface area contributed by atoms with E-state index in [2.05, 4.69) is 10.6 Å². The average molecular weight is 613 g/mol. The molecule has 3 N–H and O–H groups in total. The first-order chi connectivity index (χ1) is 20.5. The largest absolute Gasteiger partial charge is 0.480 e. The van der Waals surface area contributed by atoms with Crippen molar-refractivity contribution in [1.29, 1.82) is 0 Å². The second kappa shape index (κ2) is 14.2. The maximum absolute atomic E-state index is 13.0. The number of amides is 2. The number of carboxylic acid groups (broad SMARTS) is 1. The topological polar surface area (TPSA) is 167 Å². The quantitative estimate of drug-likeness (QED) is 0.242. The van der Waals surface area contributed by atoms with Crippen molar-refractivity contribution in [3.05, 3.63) is 59.7 Å². The Morgan fingerprint density at radius 2 is 1.27 bits per heavy atom. The monoisotopic (exact) mass is 612 g/mol. The molecule has 12 nitrogen and oxygen atoms in total. The van der Waals surface area contributed by atoms with E-state index in [1.165, 1.54) is 0 Å². The molecule has 0 bridgehead atoms. The SMILES string of the molecule is CC(C)(C)OC(=O)CC[C@H](NC(=O)OCC1c2ccccc2-c2ccccc21)C(=O)OC[C@H](NC(=O)OC(C)(C)C)C(=O)O. The molecule has 0 saturated heterocycles. The van der Waals surface area contributed by atoms with Crippen LogP contribution in [0.1, 0.15) is 71.4 Å². The lowest BCUT2D eigenvalue weighted by Crippen LogP contribution is -2.48. The number of rotatable bonds is 11. The van der Waals surface area contributed by atoms with Crippen molar-refractivity contribution in [1.82, 2.24) is 10.6 Å². The lowest BCUT2D eigenvalue weighted by Gasteiger charge is -2.23. The summed E-state index contributed by atoms with van der Waals surface area (Å²) in [6.45, 7) is 9.10. The number of alkyl carbamates (subject to hydrolysis) is 2. The minimum atomic E-state index is -1.63. The smallest absolute Gasteiger partial charge is 0.408 e. The van der Waals surface area contributed by atoms with Crippen LogP contribution in [0.4, 0.5) is 9.59 Å². The number of esters is 2. The van der Waals surface area contributed by atoms with Gasteiger partial charge >= 0.3 is 30.1 Å². The van der Waals surface area contributed by atoms with E-state index in [1.807, 2.05) is 48.5 Å². The molecule has 0 radical (unpaired) electrons. The first-order valence-electron chi connectivity index (χ1n) is 14.3. The molecule has 0 fully saturated rings. The van der Waals surface area contributed by atoms with Crippen LogP contribution in [0.15, 0.2) is 48.5 Å². The number of aliphatic carboxylic acids is 1. The van der Waals surface area contributed by atoms with Crippen LogP contribution >= 0.6 is 0 Å². The van der Waals surface area contributed by atoms with Crippen molar-refractivity contribution in [3.63, 3.8) is 0 Å². The molecule has 1 aliphatic rings. The molecule has 1 aliphatic carbocycles. The molecule has 0 spiro atoms. The minimum absolute atomic E-state index is 0.0193. The predicted octanol–water partition coefficient (Wildman–Crippen LogP) is 4.54. The van der Waals surface area contributed by atoms with Crippen LogP contribution in [0.5, 0.6) is 0 Å². The number of ether oxygens (including phenoxy) is 4. The predicted molar refractivity (Wildman–Crippen MR) is 159 cm³/mol. The van der Waals surface area contributed by atoms with Gasteiger partial charge in [0.05, 0.1) is 0 Å². The third-order valence-corrected chi connectivity index (χ3v) is 6.36. The highest BCUT2D eigenvalue weighted by atomic mass is 16.6. The minimum Gasteiger partial charge on any atom is -0.480 e. The highest BCUT2D eigenvalue weighted by molar-refractivity contribution is 5.84. The third-order valence-electron chi connectivity index (χ3n) is 6.36. The van der Waals surface area contributed by atoms with Gasteiger partial charge in [0.1, 0.15) is 30.5 Å². The molecule has 3 rings (SSSR count). The Morgan fingerprint density at radius 1 is 0.750 bits per heavy atom. The molecular weight excluding hydrogens is 572 g/mol. The van der Waals surface area contributed by atoms with E-state index >= 15 is 0 Å². The molecule has 2 amide bonds. The number of carbonyl (C=O) groups excluding carboxylic acids is 4. The Bertz CT molecular complexity index is 1330. The van der Waals surface area contributed by atoms with Gasteiger partial charge in [-0.3, -0.25) is 4.79 Å². The average Bonchev–Trinajstić information content (AvgIpc) is 3.23. The van der Waals surface area contributed by atoms with Crippen LogP contribution in [-0.2, 0) is 33.3 Å². The van der Waals surface area contributed by atoms with Gasteiger partial charge in [-0.1, -0.05) is 48.5 Å². The third kappa shape index (κ3) is 9.99. The van der Waals surface area contributed by atoms with Crippen LogP contribution in [0.3, 0.4) is 0 Å². The van der Waals surface area contributed by atoms with Crippen LogP contribution in [0.2, 0.25) is 0 Å². The number of fused-ring (bicyclic) bond motifs is 3. The van der Waals surface area contributed by atoms with Crippen molar-refractivity contribution in [2.45, 2.75) is 83.6 Å². The molecule has 0 saturated carbocycles. The van der Waals surface area contributed by atoms with Gasteiger partial charge in [-0.15, -0.1) is 0 Å². The van der Waals surface area contributed by atoms with E-state index in [9.17, 15) is 29.1 Å². The molecule has 2 aromatic rings. The molecule has 2 aromatic carbocycles. The van der Waals surface area contributed by atoms with Crippen LogP contribution < -0.4 is 10.6 Å². The van der Waals surface area contributed by atoms with Crippen molar-refractivity contribution >= 4 is 30.1 Å². The molecular formula is C32H40N2O10. The van der Waals surface area contributed by atoms with Crippen LogP contribution in [0.25, 0.3) is 11.1 Å². The van der Waals surface area contributed by atoms with Gasteiger partial charge in [0, 0.05) is 12.3 Å². The first-order valence-corrected chi connectivity index (χ1v) is 14.3. The number of hydrogen-bond donors (Lipinski definition) is 3. The maximum Gasteiger partial charge on any atom is 0.408 e. The van der Waals surface area contributed by atoms with Gasteiger partial charge in [-0.2, -0.15) is 0 Å². The highest BCUT2D eigenvalue weighted by Crippen LogP contribution is 2.44. The lowest BCUT2D eigenvalue weighted by molar-refractivity contribution is -0.155. The fourth-order valence-electron chi connectivity index (χ4n) is 4.58. The summed E-state index contributed by atoms with van der Waals surface area (Å²) < 4.78 is 21.0. The summed E-state index contributed by atoms with van der Waals surface area (Å²) in [5.74, 6) is -3.34. The van der Waals surface area contributed by atoms with E-state index < -0.39 is 60.0 Å². The standard InChI is InChI=1S/C32H40N2O10/c1-31(2,3)43-26(35)16-15-24(28(38)41-18-25(27(36)37)34-30(40)44-32(4,5)6)33-29(39)42-17-23-21-13-9-7-11-19(21)20-12-8-10-14-22(20)23/h7-14,23-25H,15-18H2,1-6H3,(H,33,39)(H,34,40)(H,36,37)/t24-,25-/m0/s1. The first kappa shape index (κ1) is 33.9. The summed E-state index contributed by atoms with van der Waals surface area (Å²) >= 11 is 0. The van der Waals surface area contributed by atoms with Crippen molar-refractivity contribution in [3.8, 4) is 11.1 Å². The van der Waals surface area contributed by atoms with Crippen LogP contribution in [0, 0.1) is 0 Å². The Kier molecular flexibility index (Phi) is 11.0. The molecule has 0 unspecified atom stereocenters. The van der Waals surface area contributed by atoms with E-state index in [1.54, 1.807) is 41.5 Å². The normalized spacial score (nSPS) is 13.9. The summed E-state index contributed by atoms with van der Waals surface area (Å²) in [4.78, 5) is 62.0. The second-order valence-electron chi connectivity index (χ2n) is 12.3. The Morgan fingerprint density at radius 3 is 1.80 bits per heavy atom. The zero-order valence-electron chi connectivity index (χ0n) is 25.8. The summed E-state index contributed by atoms with van der Waals surface area (Å²) in [6, 6.07) is 12.6. The zero-order valence-corrected chi connectivity index (χ0v) is 25.8. The summed E-state index contributed by atoms with van der Waals surface area (Å²) in [5.41, 5.74) is 2.44. The molecule has 12 heteroatoms. The van der Waals surface area contributed by atoms with Crippen molar-refractivity contribution in [2.75, 3.05) is 13.2 Å². The molecule has 0 aliphatic heterocycles. The lowest BCUT2D eigenvalue weighted by atomic mass is 9.98. The summed E-state index contributed by atoms with van der Waals surface area (Å²) in [6.07, 6.45) is -2.41. The van der Waals surface area contributed by atoms with Gasteiger partial charge in [0.2, 0.25) is 0 Å². The fourth-order valence-corrected chi connectivity index (χ4v) is 4.58. The second-order valence-corrected chi connectivity index (χ2v) is 12.3. The molecule has 0 heterocycles. The van der Waals surface area contributed by atoms with Crippen LogP contribution in [-0.4, -0.2) is 71.7 Å². The Labute approximate surface area is 256 Å². The number of benzene rings is 2. The summed E-state index contributed by atoms with van der Waals surface area (Å²) in [7, 11) is 0. The number of carboxylic acids is 1. The van der Waals surface area contributed by atoms with Gasteiger partial charge < -0.3 is 34.7 Å². The number of nitrogens with one attached hydrogen (secondary N) is 2. The number of hydrogen-bond acceptors (Lipinski definition) is 9. The van der Waals surface area contributed by atoms with Gasteiger partial charge in [0.15, 0.2) is 6.04 Å². The van der Waals surface area contributed by atoms with E-state index in [0.29, 0.717) is 0 Å². The van der Waals surface area contributed by atoms with E-state index in [-0.39, 0.29) is 25.4 Å². The molecule has 2 atom stereocenters. The van der Waals surface area contributed by atoms with E-state index in [4.69, 9.17) is 18.9 Å². The fraction of sp³-hybridized carbons (Fsp3) is 0.469. The van der Waals surface area contributed by atoms with Gasteiger partial charge in [-0.05, 0) is 70.2 Å². The maximum atomic E-state index is 13.0. The number of carbonyl (C=O) groups is 5. The van der Waals surface area contributed by atoms with Gasteiger partial charge in [-0.25, -0.2) is 19.2 Å². The molecule has 0 aromatic heterocycles. The zero-order chi connectivity index (χ0) is 32.7. The molecule has 44 heavy (non-hydrogen) atoms. The molecule has 238 valence electrons. The summed E-state index contributed by atoms with van der Waals surface area (Å²) in [5, 5.41) is 14.1. The van der Waals surface area contributed by atoms with Crippen molar-refractivity contribution in [2.24, 2.45) is 0 Å². The Hall–Kier alpha value is -4.61. The highest BCUT2D eigenvalue weighted by Gasteiger charge is 2.32. The van der Waals surface area contributed by atoms with Gasteiger partial charge in [0.25, 0.3) is 0 Å². The van der Waals surface area contributed by atoms with Crippen molar-refractivity contribution < 1.29 is 48.0 Å². The van der Waals surface area contributed by atoms with E-state index in [0.717, 1.165) is 22.3 Å². The Balaban J connectivity index is 1.67.